The highest BCUT2D eigenvalue weighted by Gasteiger charge is 2.09. The second-order valence-corrected chi connectivity index (χ2v) is 4.96. The van der Waals surface area contributed by atoms with E-state index in [0.717, 1.165) is 0 Å². The number of thiophene rings is 1. The fourth-order valence-corrected chi connectivity index (χ4v) is 2.54. The van der Waals surface area contributed by atoms with Crippen molar-refractivity contribution >= 4 is 16.9 Å². The molecule has 0 nitrogen and oxygen atoms in total. The minimum atomic E-state index is 0.697. The standard InChI is InChI=1S/C12H14S/c1-9-4-3-5-11(8-9)12-7-6-10(2)13-12/h3-7,9H,8H2,1-2H3. The van der Waals surface area contributed by atoms with Crippen molar-refractivity contribution in [3.63, 3.8) is 0 Å². The molecule has 0 fully saturated rings. The monoisotopic (exact) mass is 190 g/mol. The van der Waals surface area contributed by atoms with Crippen LogP contribution in [0.1, 0.15) is 23.1 Å². The fourth-order valence-electron chi connectivity index (χ4n) is 1.63. The predicted molar refractivity (Wildman–Crippen MR) is 60.0 cm³/mol. The zero-order chi connectivity index (χ0) is 9.26. The summed E-state index contributed by atoms with van der Waals surface area (Å²) in [6.45, 7) is 4.43. The highest BCUT2D eigenvalue weighted by Crippen LogP contribution is 2.31. The molecule has 0 aromatic carbocycles. The van der Waals surface area contributed by atoms with Gasteiger partial charge in [0.25, 0.3) is 0 Å². The molecule has 0 saturated carbocycles. The lowest BCUT2D eigenvalue weighted by atomic mass is 9.95. The minimum Gasteiger partial charge on any atom is -0.141 e. The summed E-state index contributed by atoms with van der Waals surface area (Å²) in [7, 11) is 0. The van der Waals surface area contributed by atoms with Gasteiger partial charge >= 0.3 is 0 Å². The van der Waals surface area contributed by atoms with Crippen molar-refractivity contribution in [3.05, 3.63) is 40.1 Å². The lowest BCUT2D eigenvalue weighted by Crippen LogP contribution is -1.95. The molecule has 0 saturated heterocycles. The number of hydrogen-bond acceptors (Lipinski definition) is 1. The first kappa shape index (κ1) is 8.76. The Morgan fingerprint density at radius 2 is 2.23 bits per heavy atom. The minimum absolute atomic E-state index is 0.697. The van der Waals surface area contributed by atoms with Gasteiger partial charge in [-0.15, -0.1) is 11.3 Å². The van der Waals surface area contributed by atoms with Crippen molar-refractivity contribution in [1.29, 1.82) is 0 Å². The quantitative estimate of drug-likeness (QED) is 0.627. The van der Waals surface area contributed by atoms with Gasteiger partial charge in [0, 0.05) is 9.75 Å². The van der Waals surface area contributed by atoms with E-state index in [1.165, 1.54) is 21.7 Å². The van der Waals surface area contributed by atoms with Crippen molar-refractivity contribution in [1.82, 2.24) is 0 Å². The van der Waals surface area contributed by atoms with Gasteiger partial charge in [-0.05, 0) is 37.0 Å². The molecule has 1 aromatic heterocycles. The predicted octanol–water partition coefficient (Wildman–Crippen LogP) is 4.04. The molecule has 1 heteroatoms. The van der Waals surface area contributed by atoms with E-state index in [0.29, 0.717) is 5.92 Å². The molecule has 1 aliphatic carbocycles. The van der Waals surface area contributed by atoms with Crippen LogP contribution in [0.4, 0.5) is 0 Å². The summed E-state index contributed by atoms with van der Waals surface area (Å²) in [4.78, 5) is 2.84. The molecule has 1 aromatic rings. The lowest BCUT2D eigenvalue weighted by Gasteiger charge is -2.12. The van der Waals surface area contributed by atoms with Crippen LogP contribution in [-0.4, -0.2) is 0 Å². The van der Waals surface area contributed by atoms with E-state index in [1.807, 2.05) is 11.3 Å². The van der Waals surface area contributed by atoms with E-state index in [4.69, 9.17) is 0 Å². The van der Waals surface area contributed by atoms with Crippen LogP contribution in [0, 0.1) is 12.8 Å². The first-order valence-corrected chi connectivity index (χ1v) is 5.51. The molecule has 0 amide bonds. The molecule has 1 atom stereocenters. The summed E-state index contributed by atoms with van der Waals surface area (Å²) in [6.07, 6.45) is 7.88. The van der Waals surface area contributed by atoms with E-state index in [2.05, 4.69) is 44.2 Å². The first-order valence-electron chi connectivity index (χ1n) is 4.70. The Balaban J connectivity index is 2.27. The first-order chi connectivity index (χ1) is 6.25. The van der Waals surface area contributed by atoms with Crippen molar-refractivity contribution in [3.8, 4) is 0 Å². The van der Waals surface area contributed by atoms with Gasteiger partial charge in [-0.3, -0.25) is 0 Å². The highest BCUT2D eigenvalue weighted by molar-refractivity contribution is 7.13. The fraction of sp³-hybridized carbons (Fsp3) is 0.333. The van der Waals surface area contributed by atoms with Gasteiger partial charge in [0.2, 0.25) is 0 Å². The van der Waals surface area contributed by atoms with E-state index in [9.17, 15) is 0 Å². The second kappa shape index (κ2) is 3.51. The average Bonchev–Trinajstić information content (AvgIpc) is 2.52. The topological polar surface area (TPSA) is 0 Å². The van der Waals surface area contributed by atoms with Gasteiger partial charge in [0.05, 0.1) is 0 Å². The number of hydrogen-bond donors (Lipinski definition) is 0. The Bertz CT molecular complexity index is 355. The molecule has 0 spiro atoms. The Morgan fingerprint density at radius 3 is 2.85 bits per heavy atom. The van der Waals surface area contributed by atoms with Crippen LogP contribution in [0.15, 0.2) is 30.4 Å². The normalized spacial score (nSPS) is 21.7. The maximum Gasteiger partial charge on any atom is 0.0305 e. The smallest absolute Gasteiger partial charge is 0.0305 e. The molecule has 1 unspecified atom stereocenters. The van der Waals surface area contributed by atoms with Gasteiger partial charge < -0.3 is 0 Å². The molecule has 0 aliphatic heterocycles. The molecular formula is C12H14S. The third-order valence-corrected chi connectivity index (χ3v) is 3.41. The lowest BCUT2D eigenvalue weighted by molar-refractivity contribution is 0.750. The number of allylic oxidation sites excluding steroid dienone is 4. The van der Waals surface area contributed by atoms with Crippen LogP contribution >= 0.6 is 11.3 Å². The SMILES string of the molecule is Cc1ccc(C2=CC=CC(C)C2)s1. The van der Waals surface area contributed by atoms with Crippen molar-refractivity contribution in [2.24, 2.45) is 5.92 Å². The Labute approximate surface area is 83.6 Å². The molecule has 0 bridgehead atoms. The third-order valence-electron chi connectivity index (χ3n) is 2.34. The van der Waals surface area contributed by atoms with Gasteiger partial charge in [0.15, 0.2) is 0 Å². The van der Waals surface area contributed by atoms with Crippen LogP contribution in [0.3, 0.4) is 0 Å². The summed E-state index contributed by atoms with van der Waals surface area (Å²) in [5, 5.41) is 0. The summed E-state index contributed by atoms with van der Waals surface area (Å²) in [5.41, 5.74) is 1.49. The maximum absolute atomic E-state index is 2.27. The zero-order valence-corrected chi connectivity index (χ0v) is 8.90. The molecule has 1 aliphatic rings. The molecule has 1 heterocycles. The zero-order valence-electron chi connectivity index (χ0n) is 8.08. The molecule has 0 radical (unpaired) electrons. The summed E-state index contributed by atoms with van der Waals surface area (Å²) >= 11 is 1.89. The maximum atomic E-state index is 2.27. The van der Waals surface area contributed by atoms with Gasteiger partial charge in [-0.2, -0.15) is 0 Å². The van der Waals surface area contributed by atoms with Gasteiger partial charge in [-0.25, -0.2) is 0 Å². The van der Waals surface area contributed by atoms with Gasteiger partial charge in [-0.1, -0.05) is 25.2 Å². The Kier molecular flexibility index (Phi) is 2.36. The second-order valence-electron chi connectivity index (χ2n) is 3.67. The highest BCUT2D eigenvalue weighted by atomic mass is 32.1. The molecular weight excluding hydrogens is 176 g/mol. The van der Waals surface area contributed by atoms with E-state index in [1.54, 1.807) is 0 Å². The molecule has 13 heavy (non-hydrogen) atoms. The third kappa shape index (κ3) is 1.92. The molecule has 2 rings (SSSR count). The van der Waals surface area contributed by atoms with Crippen molar-refractivity contribution in [2.45, 2.75) is 20.3 Å². The number of aryl methyl sites for hydroxylation is 1. The van der Waals surface area contributed by atoms with Crippen LogP contribution < -0.4 is 0 Å². The van der Waals surface area contributed by atoms with Crippen molar-refractivity contribution in [2.75, 3.05) is 0 Å². The van der Waals surface area contributed by atoms with Gasteiger partial charge in [0.1, 0.15) is 0 Å². The van der Waals surface area contributed by atoms with Crippen LogP contribution in [0.5, 0.6) is 0 Å². The van der Waals surface area contributed by atoms with E-state index < -0.39 is 0 Å². The van der Waals surface area contributed by atoms with E-state index in [-0.39, 0.29) is 0 Å². The number of rotatable bonds is 1. The molecule has 0 N–H and O–H groups in total. The van der Waals surface area contributed by atoms with Crippen LogP contribution in [0.2, 0.25) is 0 Å². The average molecular weight is 190 g/mol. The van der Waals surface area contributed by atoms with Crippen molar-refractivity contribution < 1.29 is 0 Å². The Hall–Kier alpha value is -0.820. The summed E-state index contributed by atoms with van der Waals surface area (Å²) in [6, 6.07) is 4.43. The summed E-state index contributed by atoms with van der Waals surface area (Å²) in [5.74, 6) is 0.697. The van der Waals surface area contributed by atoms with Crippen LogP contribution in [0.25, 0.3) is 5.57 Å². The van der Waals surface area contributed by atoms with Crippen LogP contribution in [-0.2, 0) is 0 Å². The van der Waals surface area contributed by atoms with E-state index >= 15 is 0 Å². The largest absolute Gasteiger partial charge is 0.141 e. The Morgan fingerprint density at radius 1 is 1.38 bits per heavy atom. The molecule has 68 valence electrons. The summed E-state index contributed by atoms with van der Waals surface area (Å²) < 4.78 is 0.